The molecule has 0 saturated heterocycles. The van der Waals surface area contributed by atoms with Crippen LogP contribution in [0.4, 0.5) is 27.1 Å². The van der Waals surface area contributed by atoms with E-state index in [9.17, 15) is 4.39 Å². The maximum atomic E-state index is 14.0. The fourth-order valence-electron chi connectivity index (χ4n) is 1.74. The Morgan fingerprint density at radius 3 is 2.45 bits per heavy atom. The molecule has 2 aromatic carbocycles. The Kier molecular flexibility index (Phi) is 4.20. The van der Waals surface area contributed by atoms with Crippen molar-refractivity contribution < 1.29 is 9.13 Å². The number of hydrogen-bond donors (Lipinski definition) is 3. The molecule has 2 rings (SSSR count). The molecule has 0 aliphatic carbocycles. The van der Waals surface area contributed by atoms with E-state index in [0.717, 1.165) is 5.75 Å². The largest absolute Gasteiger partial charge is 0.494 e. The van der Waals surface area contributed by atoms with Gasteiger partial charge >= 0.3 is 0 Å². The zero-order valence-corrected chi connectivity index (χ0v) is 11.7. The van der Waals surface area contributed by atoms with Crippen LogP contribution in [-0.4, -0.2) is 6.61 Å². The van der Waals surface area contributed by atoms with Crippen LogP contribution in [0.1, 0.15) is 6.92 Å². The monoisotopic (exact) mass is 295 g/mol. The fourth-order valence-corrected chi connectivity index (χ4v) is 1.89. The summed E-state index contributed by atoms with van der Waals surface area (Å²) in [6.07, 6.45) is 0. The van der Waals surface area contributed by atoms with Gasteiger partial charge in [0.05, 0.1) is 23.7 Å². The molecule has 0 heterocycles. The lowest BCUT2D eigenvalue weighted by atomic mass is 10.2. The van der Waals surface area contributed by atoms with Crippen molar-refractivity contribution in [1.82, 2.24) is 0 Å². The molecule has 0 unspecified atom stereocenters. The van der Waals surface area contributed by atoms with Gasteiger partial charge in [0, 0.05) is 5.69 Å². The van der Waals surface area contributed by atoms with Gasteiger partial charge in [-0.2, -0.15) is 0 Å². The lowest BCUT2D eigenvalue weighted by Gasteiger charge is -2.13. The first-order valence-corrected chi connectivity index (χ1v) is 6.43. The quantitative estimate of drug-likeness (QED) is 0.750. The second-order valence-corrected chi connectivity index (χ2v) is 4.52. The molecule has 0 aliphatic rings. The molecule has 0 aliphatic heterocycles. The number of nitrogens with two attached hydrogens (primary N) is 2. The van der Waals surface area contributed by atoms with Crippen LogP contribution in [0.2, 0.25) is 5.02 Å². The molecule has 2 aromatic rings. The van der Waals surface area contributed by atoms with E-state index in [0.29, 0.717) is 12.3 Å². The Balaban J connectivity index is 2.28. The summed E-state index contributed by atoms with van der Waals surface area (Å²) in [6, 6.07) is 8.49. The van der Waals surface area contributed by atoms with Crippen LogP contribution in [0.3, 0.4) is 0 Å². The number of anilines is 4. The molecule has 0 radical (unpaired) electrons. The van der Waals surface area contributed by atoms with Gasteiger partial charge in [0.15, 0.2) is 5.82 Å². The van der Waals surface area contributed by atoms with E-state index < -0.39 is 5.82 Å². The normalized spacial score (nSPS) is 10.3. The molecule has 4 nitrogen and oxygen atoms in total. The summed E-state index contributed by atoms with van der Waals surface area (Å²) in [5.41, 5.74) is 12.4. The summed E-state index contributed by atoms with van der Waals surface area (Å²) in [7, 11) is 0. The Bertz CT molecular complexity index is 617. The van der Waals surface area contributed by atoms with E-state index in [-0.39, 0.29) is 22.1 Å². The zero-order chi connectivity index (χ0) is 14.7. The highest BCUT2D eigenvalue weighted by molar-refractivity contribution is 6.33. The number of hydrogen-bond acceptors (Lipinski definition) is 4. The average molecular weight is 296 g/mol. The molecule has 20 heavy (non-hydrogen) atoms. The Morgan fingerprint density at radius 2 is 1.85 bits per heavy atom. The van der Waals surface area contributed by atoms with Crippen LogP contribution in [0.5, 0.6) is 5.75 Å². The first kappa shape index (κ1) is 14.3. The minimum absolute atomic E-state index is 0.105. The molecular weight excluding hydrogens is 281 g/mol. The van der Waals surface area contributed by atoms with E-state index in [1.165, 1.54) is 6.07 Å². The van der Waals surface area contributed by atoms with E-state index in [1.807, 2.05) is 6.92 Å². The van der Waals surface area contributed by atoms with Gasteiger partial charge < -0.3 is 21.5 Å². The van der Waals surface area contributed by atoms with E-state index in [4.69, 9.17) is 27.8 Å². The Labute approximate surface area is 121 Å². The second kappa shape index (κ2) is 5.88. The predicted octanol–water partition coefficient (Wildman–Crippen LogP) is 3.79. The predicted molar refractivity (Wildman–Crippen MR) is 81.1 cm³/mol. The molecular formula is C14H15ClFN3O. The first-order chi connectivity index (χ1) is 9.52. The third kappa shape index (κ3) is 2.88. The van der Waals surface area contributed by atoms with Crippen molar-refractivity contribution in [2.24, 2.45) is 0 Å². The van der Waals surface area contributed by atoms with Crippen molar-refractivity contribution in [2.45, 2.75) is 6.92 Å². The summed E-state index contributed by atoms with van der Waals surface area (Å²) in [4.78, 5) is 0. The first-order valence-electron chi connectivity index (χ1n) is 6.05. The molecule has 0 atom stereocenters. The fraction of sp³-hybridized carbons (Fsp3) is 0.143. The van der Waals surface area contributed by atoms with Crippen LogP contribution in [0.15, 0.2) is 30.3 Å². The highest BCUT2D eigenvalue weighted by Gasteiger charge is 2.14. The van der Waals surface area contributed by atoms with Crippen molar-refractivity contribution in [2.75, 3.05) is 23.4 Å². The van der Waals surface area contributed by atoms with Crippen LogP contribution >= 0.6 is 11.6 Å². The summed E-state index contributed by atoms with van der Waals surface area (Å²) in [5.74, 6) is 0.0693. The minimum atomic E-state index is -0.668. The van der Waals surface area contributed by atoms with Gasteiger partial charge in [-0.3, -0.25) is 0 Å². The van der Waals surface area contributed by atoms with Crippen LogP contribution in [0, 0.1) is 5.82 Å². The summed E-state index contributed by atoms with van der Waals surface area (Å²) in [6.45, 7) is 2.49. The molecule has 0 bridgehead atoms. The van der Waals surface area contributed by atoms with E-state index in [2.05, 4.69) is 5.32 Å². The van der Waals surface area contributed by atoms with Crippen LogP contribution in [-0.2, 0) is 0 Å². The van der Waals surface area contributed by atoms with Gasteiger partial charge in [-0.1, -0.05) is 11.6 Å². The Morgan fingerprint density at radius 1 is 1.20 bits per heavy atom. The van der Waals surface area contributed by atoms with Gasteiger partial charge in [-0.05, 0) is 37.3 Å². The third-order valence-electron chi connectivity index (χ3n) is 2.70. The summed E-state index contributed by atoms with van der Waals surface area (Å²) < 4.78 is 19.4. The number of rotatable bonds is 4. The number of halogens is 2. The van der Waals surface area contributed by atoms with Gasteiger partial charge in [-0.15, -0.1) is 0 Å². The smallest absolute Gasteiger partial charge is 0.169 e. The lowest BCUT2D eigenvalue weighted by Crippen LogP contribution is -2.02. The Hall–Kier alpha value is -2.14. The molecule has 0 spiro atoms. The van der Waals surface area contributed by atoms with Crippen molar-refractivity contribution >= 4 is 34.4 Å². The number of nitrogens with one attached hydrogen (secondary N) is 1. The highest BCUT2D eigenvalue weighted by Crippen LogP contribution is 2.35. The van der Waals surface area contributed by atoms with Gasteiger partial charge in [0.2, 0.25) is 0 Å². The van der Waals surface area contributed by atoms with E-state index >= 15 is 0 Å². The van der Waals surface area contributed by atoms with E-state index in [1.54, 1.807) is 24.3 Å². The van der Waals surface area contributed by atoms with Crippen molar-refractivity contribution in [3.8, 4) is 5.75 Å². The standard InChI is InChI=1S/C14H15ClFN3O/c1-2-20-9-5-3-8(4-6-9)19-14-11(18)7-10(17)12(15)13(14)16/h3-7,19H,2,17-18H2,1H3. The van der Waals surface area contributed by atoms with Crippen LogP contribution < -0.4 is 21.5 Å². The molecule has 0 saturated carbocycles. The molecule has 106 valence electrons. The lowest BCUT2D eigenvalue weighted by molar-refractivity contribution is 0.340. The number of benzene rings is 2. The van der Waals surface area contributed by atoms with Crippen molar-refractivity contribution in [1.29, 1.82) is 0 Å². The third-order valence-corrected chi connectivity index (χ3v) is 3.08. The maximum absolute atomic E-state index is 14.0. The topological polar surface area (TPSA) is 73.3 Å². The molecule has 0 fully saturated rings. The van der Waals surface area contributed by atoms with Crippen molar-refractivity contribution in [3.63, 3.8) is 0 Å². The summed E-state index contributed by atoms with van der Waals surface area (Å²) >= 11 is 5.77. The highest BCUT2D eigenvalue weighted by atomic mass is 35.5. The number of nitrogen functional groups attached to an aromatic ring is 2. The van der Waals surface area contributed by atoms with Gasteiger partial charge in [0.1, 0.15) is 10.8 Å². The molecule has 0 amide bonds. The van der Waals surface area contributed by atoms with Gasteiger partial charge in [0.25, 0.3) is 0 Å². The minimum Gasteiger partial charge on any atom is -0.494 e. The maximum Gasteiger partial charge on any atom is 0.169 e. The second-order valence-electron chi connectivity index (χ2n) is 4.14. The summed E-state index contributed by atoms with van der Waals surface area (Å²) in [5, 5.41) is 2.74. The zero-order valence-electron chi connectivity index (χ0n) is 10.9. The average Bonchev–Trinajstić information content (AvgIpc) is 2.43. The number of ether oxygens (including phenoxy) is 1. The molecule has 0 aromatic heterocycles. The van der Waals surface area contributed by atoms with Crippen LogP contribution in [0.25, 0.3) is 0 Å². The van der Waals surface area contributed by atoms with Crippen molar-refractivity contribution in [3.05, 3.63) is 41.2 Å². The molecule has 5 N–H and O–H groups in total. The van der Waals surface area contributed by atoms with Gasteiger partial charge in [-0.25, -0.2) is 4.39 Å². The SMILES string of the molecule is CCOc1ccc(Nc2c(N)cc(N)c(Cl)c2F)cc1. The molecule has 6 heteroatoms.